The van der Waals surface area contributed by atoms with E-state index in [0.29, 0.717) is 44.7 Å². The zero-order valence-electron chi connectivity index (χ0n) is 22.3. The van der Waals surface area contributed by atoms with Gasteiger partial charge < -0.3 is 34.1 Å². The molecule has 2 saturated heterocycles. The van der Waals surface area contributed by atoms with E-state index >= 15 is 0 Å². The van der Waals surface area contributed by atoms with Crippen LogP contribution in [-0.4, -0.2) is 83.8 Å². The van der Waals surface area contributed by atoms with Gasteiger partial charge in [0, 0.05) is 19.0 Å². The Morgan fingerprint density at radius 1 is 1.19 bits per heavy atom. The lowest BCUT2D eigenvalue weighted by molar-refractivity contribution is -0.312. The number of rotatable bonds is 1. The van der Waals surface area contributed by atoms with E-state index in [1.165, 1.54) is 0 Å². The lowest BCUT2D eigenvalue weighted by atomic mass is 9.58. The third-order valence-corrected chi connectivity index (χ3v) is 10.4. The highest BCUT2D eigenvalue weighted by Gasteiger charge is 2.77. The summed E-state index contributed by atoms with van der Waals surface area (Å²) in [6.45, 7) is 14.4. The molecule has 1 unspecified atom stereocenters. The van der Waals surface area contributed by atoms with Crippen molar-refractivity contribution in [1.82, 2.24) is 4.90 Å². The first-order valence-corrected chi connectivity index (χ1v) is 13.5. The average molecular weight is 504 g/mol. The molecule has 8 nitrogen and oxygen atoms in total. The summed E-state index contributed by atoms with van der Waals surface area (Å²) in [6.07, 6.45) is 1.98. The normalized spacial score (nSPS) is 48.3. The minimum atomic E-state index is -1.68. The highest BCUT2D eigenvalue weighted by atomic mass is 16.7. The third-order valence-electron chi connectivity index (χ3n) is 10.4. The zero-order chi connectivity index (χ0) is 25.8. The Morgan fingerprint density at radius 3 is 2.58 bits per heavy atom. The predicted molar refractivity (Wildman–Crippen MR) is 131 cm³/mol. The van der Waals surface area contributed by atoms with Crippen molar-refractivity contribution < 1.29 is 34.0 Å². The first-order valence-electron chi connectivity index (χ1n) is 13.5. The molecule has 2 heterocycles. The summed E-state index contributed by atoms with van der Waals surface area (Å²) in [7, 11) is 0. The van der Waals surface area contributed by atoms with Crippen molar-refractivity contribution in [3.8, 4) is 0 Å². The monoisotopic (exact) mass is 503 g/mol. The van der Waals surface area contributed by atoms with Crippen molar-refractivity contribution in [1.29, 1.82) is 0 Å². The molecule has 0 aromatic heterocycles. The Hall–Kier alpha value is -1.45. The number of ether oxygens (including phenoxy) is 4. The standard InChI is InChI=1S/C28H41NO7/c1-15-13-27-16(2)11-19-20(25(19,3)4)18(21(27)30)12-17-14-34-26(5,6)36-23(17)28(27,32)22(15)35-24(31)29-7-9-33-10-8-29/h12-13,16,18-23,30,32H,7-11,14H2,1-6H3/t16-,18+,19-,20+,21?,22+,23-,27+,28-/m1/s1. The van der Waals surface area contributed by atoms with Crippen LogP contribution >= 0.6 is 0 Å². The molecule has 6 rings (SSSR count). The number of aliphatic hydroxyl groups is 2. The number of hydrogen-bond donors (Lipinski definition) is 2. The van der Waals surface area contributed by atoms with Crippen LogP contribution in [-0.2, 0) is 18.9 Å². The summed E-state index contributed by atoms with van der Waals surface area (Å²) >= 11 is 0. The van der Waals surface area contributed by atoms with Gasteiger partial charge >= 0.3 is 6.09 Å². The fourth-order valence-corrected chi connectivity index (χ4v) is 8.53. The van der Waals surface area contributed by atoms with Gasteiger partial charge in [-0.15, -0.1) is 0 Å². The highest BCUT2D eigenvalue weighted by molar-refractivity contribution is 5.69. The number of fused-ring (bicyclic) bond motifs is 5. The molecular formula is C28H41NO7. The Bertz CT molecular complexity index is 1010. The van der Waals surface area contributed by atoms with Crippen LogP contribution in [0.1, 0.15) is 48.0 Å². The summed E-state index contributed by atoms with van der Waals surface area (Å²) in [5.41, 5.74) is -1.01. The van der Waals surface area contributed by atoms with Gasteiger partial charge in [-0.1, -0.05) is 32.9 Å². The van der Waals surface area contributed by atoms with Crippen LogP contribution < -0.4 is 0 Å². The summed E-state index contributed by atoms with van der Waals surface area (Å²) in [5, 5.41) is 25.3. The van der Waals surface area contributed by atoms with Gasteiger partial charge in [-0.2, -0.15) is 0 Å². The van der Waals surface area contributed by atoms with Crippen molar-refractivity contribution >= 4 is 6.09 Å². The molecule has 4 aliphatic carbocycles. The number of morpholine rings is 1. The first kappa shape index (κ1) is 24.9. The van der Waals surface area contributed by atoms with Crippen LogP contribution in [0.4, 0.5) is 4.79 Å². The van der Waals surface area contributed by atoms with E-state index < -0.39 is 41.2 Å². The number of aliphatic hydroxyl groups excluding tert-OH is 1. The van der Waals surface area contributed by atoms with Crippen molar-refractivity contribution in [2.24, 2.45) is 34.5 Å². The third kappa shape index (κ3) is 3.14. The number of nitrogens with zero attached hydrogens (tertiary/aromatic N) is 1. The van der Waals surface area contributed by atoms with Crippen LogP contribution in [0, 0.1) is 34.5 Å². The topological polar surface area (TPSA) is 97.7 Å². The average Bonchev–Trinajstić information content (AvgIpc) is 3.32. The molecule has 2 aliphatic heterocycles. The van der Waals surface area contributed by atoms with E-state index in [4.69, 9.17) is 18.9 Å². The molecule has 1 amide bonds. The van der Waals surface area contributed by atoms with Gasteiger partial charge in [0.25, 0.3) is 0 Å². The lowest BCUT2D eigenvalue weighted by Crippen LogP contribution is -2.69. The summed E-state index contributed by atoms with van der Waals surface area (Å²) < 4.78 is 24.1. The van der Waals surface area contributed by atoms with E-state index in [9.17, 15) is 15.0 Å². The fraction of sp³-hybridized carbons (Fsp3) is 0.821. The van der Waals surface area contributed by atoms with Gasteiger partial charge in [0.15, 0.2) is 11.9 Å². The van der Waals surface area contributed by atoms with E-state index in [1.54, 1.807) is 4.90 Å². The number of hydrogen-bond acceptors (Lipinski definition) is 7. The second-order valence-corrected chi connectivity index (χ2v) is 13.1. The molecular weight excluding hydrogens is 462 g/mol. The molecule has 6 aliphatic rings. The summed E-state index contributed by atoms with van der Waals surface area (Å²) in [4.78, 5) is 14.9. The molecule has 2 saturated carbocycles. The Kier molecular flexibility index (Phi) is 5.38. The molecule has 1 spiro atoms. The molecule has 0 radical (unpaired) electrons. The largest absolute Gasteiger partial charge is 0.438 e. The second-order valence-electron chi connectivity index (χ2n) is 13.1. The number of carbonyl (C=O) groups is 1. The van der Waals surface area contributed by atoms with Crippen molar-refractivity contribution in [3.05, 3.63) is 23.3 Å². The van der Waals surface area contributed by atoms with Crippen LogP contribution in [0.15, 0.2) is 23.3 Å². The maximum atomic E-state index is 13.3. The molecule has 200 valence electrons. The molecule has 4 fully saturated rings. The highest BCUT2D eigenvalue weighted by Crippen LogP contribution is 2.73. The van der Waals surface area contributed by atoms with Gasteiger partial charge in [-0.3, -0.25) is 0 Å². The van der Waals surface area contributed by atoms with Crippen molar-refractivity contribution in [2.45, 2.75) is 77.7 Å². The zero-order valence-corrected chi connectivity index (χ0v) is 22.3. The van der Waals surface area contributed by atoms with Gasteiger partial charge in [0.1, 0.15) is 11.7 Å². The van der Waals surface area contributed by atoms with E-state index in [0.717, 1.165) is 17.6 Å². The molecule has 9 atom stereocenters. The number of amides is 1. The number of carbonyl (C=O) groups excluding carboxylic acids is 1. The fourth-order valence-electron chi connectivity index (χ4n) is 8.53. The van der Waals surface area contributed by atoms with Crippen LogP contribution in [0.3, 0.4) is 0 Å². The Labute approximate surface area is 213 Å². The quantitative estimate of drug-likeness (QED) is 0.531. The van der Waals surface area contributed by atoms with E-state index in [2.05, 4.69) is 26.8 Å². The summed E-state index contributed by atoms with van der Waals surface area (Å²) in [5.74, 6) is -0.370. The second kappa shape index (κ2) is 7.79. The van der Waals surface area contributed by atoms with E-state index in [-0.39, 0.29) is 17.3 Å². The maximum Gasteiger partial charge on any atom is 0.410 e. The van der Waals surface area contributed by atoms with Crippen LogP contribution in [0.5, 0.6) is 0 Å². The minimum absolute atomic E-state index is 0.0545. The predicted octanol–water partition coefficient (Wildman–Crippen LogP) is 2.88. The smallest absolute Gasteiger partial charge is 0.410 e. The lowest BCUT2D eigenvalue weighted by Gasteiger charge is -2.55. The van der Waals surface area contributed by atoms with Gasteiger partial charge in [-0.25, -0.2) is 4.79 Å². The maximum absolute atomic E-state index is 13.3. The molecule has 36 heavy (non-hydrogen) atoms. The molecule has 0 aromatic rings. The molecule has 8 heteroatoms. The Balaban J connectivity index is 1.48. The molecule has 2 bridgehead atoms. The van der Waals surface area contributed by atoms with Gasteiger partial charge in [-0.05, 0) is 61.5 Å². The van der Waals surface area contributed by atoms with Crippen LogP contribution in [0.2, 0.25) is 0 Å². The minimum Gasteiger partial charge on any atom is -0.438 e. The first-order chi connectivity index (χ1) is 16.8. The van der Waals surface area contributed by atoms with Gasteiger partial charge in [0.05, 0.1) is 31.3 Å². The van der Waals surface area contributed by atoms with Crippen LogP contribution in [0.25, 0.3) is 0 Å². The van der Waals surface area contributed by atoms with Gasteiger partial charge in [0.2, 0.25) is 0 Å². The molecule has 0 aromatic carbocycles. The van der Waals surface area contributed by atoms with Crippen molar-refractivity contribution in [2.75, 3.05) is 32.9 Å². The van der Waals surface area contributed by atoms with Crippen molar-refractivity contribution in [3.63, 3.8) is 0 Å². The SMILES string of the molecule is CC1=C[C@]23C(O)[C@@H](C=C4COC(C)(C)O[C@H]4[C@]2(O)[C@H]1OC(=O)N1CCOCC1)[C@H]1[C@@H](C[C@H]3C)C1(C)C. The molecule has 2 N–H and O–H groups in total. The summed E-state index contributed by atoms with van der Waals surface area (Å²) in [6, 6.07) is 0. The Morgan fingerprint density at radius 2 is 1.89 bits per heavy atom. The van der Waals surface area contributed by atoms with E-state index in [1.807, 2.05) is 26.8 Å².